The number of nitrogens with one attached hydrogen (secondary N) is 2. The van der Waals surface area contributed by atoms with Gasteiger partial charge in [0.15, 0.2) is 0 Å². The number of hydrogen-bond donors (Lipinski definition) is 2. The van der Waals surface area contributed by atoms with E-state index in [1.54, 1.807) is 17.8 Å². The number of thiophene rings is 3. The molecule has 2 N–H and O–H groups in total. The number of aryl methyl sites for hydroxylation is 4. The Morgan fingerprint density at radius 3 is 2.12 bits per heavy atom. The Kier molecular flexibility index (Phi) is 6.18. The molecule has 0 spiro atoms. The minimum absolute atomic E-state index is 0.185. The molecule has 6 rings (SSSR count). The Bertz CT molecular complexity index is 1150. The first-order chi connectivity index (χ1) is 16.6. The van der Waals surface area contributed by atoms with Gasteiger partial charge in [0.05, 0.1) is 4.88 Å². The van der Waals surface area contributed by atoms with Gasteiger partial charge in [-0.15, -0.1) is 45.8 Å². The van der Waals surface area contributed by atoms with E-state index in [-0.39, 0.29) is 21.8 Å². The topological polar surface area (TPSA) is 58.2 Å². The number of thioether (sulfide) groups is 1. The van der Waals surface area contributed by atoms with Gasteiger partial charge in [0.2, 0.25) is 0 Å². The summed E-state index contributed by atoms with van der Waals surface area (Å²) in [4.78, 5) is 31.7. The molecule has 0 fully saturated rings. The van der Waals surface area contributed by atoms with Crippen molar-refractivity contribution in [2.75, 3.05) is 0 Å². The molecule has 8 heteroatoms. The van der Waals surface area contributed by atoms with Gasteiger partial charge in [0, 0.05) is 19.5 Å². The number of rotatable bonds is 4. The predicted molar refractivity (Wildman–Crippen MR) is 143 cm³/mol. The van der Waals surface area contributed by atoms with Crippen molar-refractivity contribution in [2.24, 2.45) is 0 Å². The van der Waals surface area contributed by atoms with Crippen LogP contribution in [0.3, 0.4) is 0 Å². The van der Waals surface area contributed by atoms with Crippen molar-refractivity contribution in [3.05, 3.63) is 77.3 Å². The maximum atomic E-state index is 13.1. The molecule has 2 amide bonds. The Hall–Kier alpha value is -1.87. The quantitative estimate of drug-likeness (QED) is 0.324. The molecule has 176 valence electrons. The monoisotopic (exact) mass is 526 g/mol. The highest BCUT2D eigenvalue weighted by Crippen LogP contribution is 2.56. The molecule has 2 aliphatic carbocycles. The first-order valence-corrected chi connectivity index (χ1v) is 15.3. The van der Waals surface area contributed by atoms with E-state index < -0.39 is 0 Å². The van der Waals surface area contributed by atoms with E-state index in [2.05, 4.69) is 29.1 Å². The van der Waals surface area contributed by atoms with Crippen LogP contribution >= 0.6 is 45.8 Å². The highest BCUT2D eigenvalue weighted by Gasteiger charge is 2.44. The van der Waals surface area contributed by atoms with Gasteiger partial charge < -0.3 is 0 Å². The zero-order chi connectivity index (χ0) is 23.1. The van der Waals surface area contributed by atoms with E-state index in [4.69, 9.17) is 0 Å². The number of amides is 2. The van der Waals surface area contributed by atoms with Crippen LogP contribution in [-0.2, 0) is 35.2 Å². The van der Waals surface area contributed by atoms with Crippen molar-refractivity contribution < 1.29 is 9.59 Å². The maximum absolute atomic E-state index is 13.1. The van der Waals surface area contributed by atoms with Gasteiger partial charge in [-0.1, -0.05) is 18.2 Å². The molecule has 3 aromatic rings. The zero-order valence-corrected chi connectivity index (χ0v) is 22.0. The normalized spacial score (nSPS) is 20.5. The van der Waals surface area contributed by atoms with Gasteiger partial charge in [0.1, 0.15) is 10.00 Å². The number of hydrogen-bond acceptors (Lipinski definition) is 6. The molecule has 0 bridgehead atoms. The van der Waals surface area contributed by atoms with E-state index in [9.17, 15) is 9.59 Å². The van der Waals surface area contributed by atoms with Crippen LogP contribution in [0.2, 0.25) is 0 Å². The summed E-state index contributed by atoms with van der Waals surface area (Å²) in [5.74, 6) is -0.464. The van der Waals surface area contributed by atoms with Crippen molar-refractivity contribution in [3.8, 4) is 0 Å². The van der Waals surface area contributed by atoms with Gasteiger partial charge in [-0.25, -0.2) is 0 Å². The van der Waals surface area contributed by atoms with Crippen LogP contribution in [-0.4, -0.2) is 17.1 Å². The zero-order valence-electron chi connectivity index (χ0n) is 18.7. The summed E-state index contributed by atoms with van der Waals surface area (Å²) in [7, 11) is 0. The SMILES string of the molecule is O=C(NNC(=O)C1C=CC(c2cc3c(s2)CCCC3)(c2cc3c(s2)CCCC3)S1)c1cccs1. The summed E-state index contributed by atoms with van der Waals surface area (Å²) in [6.07, 6.45) is 14.0. The fourth-order valence-electron chi connectivity index (χ4n) is 5.05. The summed E-state index contributed by atoms with van der Waals surface area (Å²) in [6, 6.07) is 8.40. The van der Waals surface area contributed by atoms with Crippen LogP contribution in [0.25, 0.3) is 0 Å². The van der Waals surface area contributed by atoms with E-state index in [0.29, 0.717) is 4.88 Å². The predicted octanol–water partition coefficient (Wildman–Crippen LogP) is 6.01. The summed E-state index contributed by atoms with van der Waals surface area (Å²) in [6.45, 7) is 0. The lowest BCUT2D eigenvalue weighted by Gasteiger charge is -2.26. The van der Waals surface area contributed by atoms with Gasteiger partial charge in [-0.05, 0) is 86.1 Å². The third-order valence-electron chi connectivity index (χ3n) is 6.85. The molecule has 3 aromatic heterocycles. The molecule has 4 heterocycles. The number of fused-ring (bicyclic) bond motifs is 2. The molecule has 34 heavy (non-hydrogen) atoms. The van der Waals surface area contributed by atoms with Gasteiger partial charge in [0.25, 0.3) is 11.8 Å². The summed E-state index contributed by atoms with van der Waals surface area (Å²) >= 11 is 6.93. The highest BCUT2D eigenvalue weighted by atomic mass is 32.2. The molecule has 1 atom stereocenters. The number of carbonyl (C=O) groups excluding carboxylic acids is 2. The molecule has 0 saturated heterocycles. The van der Waals surface area contributed by atoms with Crippen LogP contribution in [0.4, 0.5) is 0 Å². The third-order valence-corrected chi connectivity index (χ3v) is 12.3. The maximum Gasteiger partial charge on any atom is 0.279 e. The second kappa shape index (κ2) is 9.30. The van der Waals surface area contributed by atoms with E-state index >= 15 is 0 Å². The van der Waals surface area contributed by atoms with Crippen molar-refractivity contribution in [2.45, 2.75) is 61.4 Å². The number of carbonyl (C=O) groups is 2. The second-order valence-electron chi connectivity index (χ2n) is 9.09. The van der Waals surface area contributed by atoms with Crippen LogP contribution < -0.4 is 10.9 Å². The van der Waals surface area contributed by atoms with Gasteiger partial charge in [-0.3, -0.25) is 20.4 Å². The van der Waals surface area contributed by atoms with Crippen molar-refractivity contribution >= 4 is 57.6 Å². The van der Waals surface area contributed by atoms with Crippen molar-refractivity contribution in [1.82, 2.24) is 10.9 Å². The molecule has 1 unspecified atom stereocenters. The minimum atomic E-state index is -0.359. The fourth-order valence-corrected chi connectivity index (χ4v) is 10.2. The van der Waals surface area contributed by atoms with Crippen molar-refractivity contribution in [3.63, 3.8) is 0 Å². The average Bonchev–Trinajstić information content (AvgIpc) is 3.66. The van der Waals surface area contributed by atoms with Crippen molar-refractivity contribution in [1.29, 1.82) is 0 Å². The molecule has 1 aliphatic heterocycles. The molecule has 0 saturated carbocycles. The second-order valence-corrected chi connectivity index (χ2v) is 13.7. The van der Waals surface area contributed by atoms with Crippen LogP contribution in [0.1, 0.15) is 66.0 Å². The first kappa shape index (κ1) is 22.6. The third kappa shape index (κ3) is 4.08. The van der Waals surface area contributed by atoms with Crippen LogP contribution in [0.5, 0.6) is 0 Å². The molecule has 4 nitrogen and oxygen atoms in total. The lowest BCUT2D eigenvalue weighted by molar-refractivity contribution is -0.120. The molecule has 0 aromatic carbocycles. The summed E-state index contributed by atoms with van der Waals surface area (Å²) < 4.78 is -0.330. The van der Waals surface area contributed by atoms with E-state index in [1.165, 1.54) is 80.5 Å². The van der Waals surface area contributed by atoms with E-state index in [1.807, 2.05) is 40.2 Å². The summed E-state index contributed by atoms with van der Waals surface area (Å²) in [5, 5.41) is 1.49. The molecular formula is C26H26N2O2S4. The minimum Gasteiger partial charge on any atom is -0.272 e. The Labute approximate surface area is 215 Å². The fraction of sp³-hybridized carbons (Fsp3) is 0.385. The standard InChI is InChI=1S/C26H26N2O2S4/c29-24(20-10-5-13-31-20)27-28-25(30)21-11-12-26(34-21,22-14-16-6-1-3-8-18(16)32-22)23-15-17-7-2-4-9-19(17)33-23/h5,10-15,21H,1-4,6-9H2,(H,27,29)(H,28,30). The van der Waals surface area contributed by atoms with Crippen LogP contribution in [0.15, 0.2) is 41.8 Å². The molecular weight excluding hydrogens is 501 g/mol. The Morgan fingerprint density at radius 2 is 1.53 bits per heavy atom. The van der Waals surface area contributed by atoms with Gasteiger partial charge in [-0.2, -0.15) is 0 Å². The largest absolute Gasteiger partial charge is 0.279 e. The lowest BCUT2D eigenvalue weighted by atomic mass is 9.95. The summed E-state index contributed by atoms with van der Waals surface area (Å²) in [5.41, 5.74) is 8.23. The molecule has 0 radical (unpaired) electrons. The van der Waals surface area contributed by atoms with Crippen LogP contribution in [0, 0.1) is 0 Å². The Morgan fingerprint density at radius 1 is 0.882 bits per heavy atom. The highest BCUT2D eigenvalue weighted by molar-refractivity contribution is 8.02. The number of hydrazine groups is 1. The molecule has 3 aliphatic rings. The van der Waals surface area contributed by atoms with Gasteiger partial charge >= 0.3 is 0 Å². The smallest absolute Gasteiger partial charge is 0.272 e. The van der Waals surface area contributed by atoms with E-state index in [0.717, 1.165) is 12.8 Å². The Balaban J connectivity index is 1.28. The lowest BCUT2D eigenvalue weighted by Crippen LogP contribution is -2.45. The first-order valence-electron chi connectivity index (χ1n) is 11.9. The average molecular weight is 527 g/mol.